The lowest BCUT2D eigenvalue weighted by Gasteiger charge is -2.25. The molecule has 1 aliphatic carbocycles. The number of benzene rings is 1. The van der Waals surface area contributed by atoms with Gasteiger partial charge < -0.3 is 5.32 Å². The number of hydrogen-bond acceptors (Lipinski definition) is 1. The lowest BCUT2D eigenvalue weighted by atomic mass is 9.87. The van der Waals surface area contributed by atoms with E-state index in [2.05, 4.69) is 52.9 Å². The molecule has 1 heteroatoms. The topological polar surface area (TPSA) is 12.0 Å². The van der Waals surface area contributed by atoms with Crippen molar-refractivity contribution in [2.45, 2.75) is 54.0 Å². The van der Waals surface area contributed by atoms with Crippen LogP contribution in [-0.2, 0) is 0 Å². The Labute approximate surface area is 112 Å². The first-order valence-corrected chi connectivity index (χ1v) is 7.28. The van der Waals surface area contributed by atoms with E-state index < -0.39 is 0 Å². The van der Waals surface area contributed by atoms with Crippen molar-refractivity contribution in [3.05, 3.63) is 33.9 Å². The maximum atomic E-state index is 3.73. The molecular formula is C17H27N. The summed E-state index contributed by atoms with van der Waals surface area (Å²) in [6, 6.07) is 2.89. The molecule has 1 nitrogen and oxygen atoms in total. The minimum absolute atomic E-state index is 0.559. The van der Waals surface area contributed by atoms with Gasteiger partial charge in [-0.25, -0.2) is 0 Å². The fourth-order valence-corrected chi connectivity index (χ4v) is 3.22. The lowest BCUT2D eigenvalue weighted by molar-refractivity contribution is 0.471. The smallest absolute Gasteiger partial charge is 0.0356 e. The lowest BCUT2D eigenvalue weighted by Crippen LogP contribution is -2.25. The van der Waals surface area contributed by atoms with Gasteiger partial charge in [0.15, 0.2) is 0 Å². The van der Waals surface area contributed by atoms with Crippen LogP contribution in [0.1, 0.15) is 54.1 Å². The molecule has 1 saturated carbocycles. The van der Waals surface area contributed by atoms with E-state index in [0.29, 0.717) is 6.04 Å². The minimum atomic E-state index is 0.559. The van der Waals surface area contributed by atoms with Gasteiger partial charge >= 0.3 is 0 Å². The second-order valence-electron chi connectivity index (χ2n) is 6.09. The molecule has 0 radical (unpaired) electrons. The summed E-state index contributed by atoms with van der Waals surface area (Å²) in [5.41, 5.74) is 7.42. The Morgan fingerprint density at radius 2 is 1.67 bits per heavy atom. The van der Waals surface area contributed by atoms with Crippen molar-refractivity contribution in [2.75, 3.05) is 6.54 Å². The predicted octanol–water partition coefficient (Wildman–Crippen LogP) is 4.23. The highest BCUT2D eigenvalue weighted by Gasteiger charge is 2.40. The van der Waals surface area contributed by atoms with E-state index >= 15 is 0 Å². The van der Waals surface area contributed by atoms with Gasteiger partial charge in [-0.3, -0.25) is 0 Å². The van der Waals surface area contributed by atoms with Gasteiger partial charge in [0.05, 0.1) is 0 Å². The first-order chi connectivity index (χ1) is 8.47. The van der Waals surface area contributed by atoms with Crippen molar-refractivity contribution in [1.29, 1.82) is 0 Å². The summed E-state index contributed by atoms with van der Waals surface area (Å²) in [5, 5.41) is 3.73. The molecule has 0 saturated heterocycles. The van der Waals surface area contributed by atoms with Crippen LogP contribution in [0.15, 0.2) is 6.07 Å². The molecule has 100 valence electrons. The van der Waals surface area contributed by atoms with E-state index in [0.717, 1.165) is 18.4 Å². The van der Waals surface area contributed by atoms with Gasteiger partial charge in [0, 0.05) is 6.04 Å². The van der Waals surface area contributed by atoms with E-state index in [1.54, 1.807) is 5.56 Å². The van der Waals surface area contributed by atoms with Crippen LogP contribution in [0.25, 0.3) is 0 Å². The van der Waals surface area contributed by atoms with Crippen molar-refractivity contribution >= 4 is 0 Å². The van der Waals surface area contributed by atoms with Crippen molar-refractivity contribution in [3.63, 3.8) is 0 Å². The molecule has 0 heterocycles. The van der Waals surface area contributed by atoms with E-state index in [-0.39, 0.29) is 0 Å². The summed E-state index contributed by atoms with van der Waals surface area (Å²) < 4.78 is 0. The summed E-state index contributed by atoms with van der Waals surface area (Å²) in [5.74, 6) is 1.72. The van der Waals surface area contributed by atoms with Crippen molar-refractivity contribution in [3.8, 4) is 0 Å². The van der Waals surface area contributed by atoms with Gasteiger partial charge in [0.1, 0.15) is 0 Å². The predicted molar refractivity (Wildman–Crippen MR) is 79.1 cm³/mol. The first kappa shape index (κ1) is 13.6. The summed E-state index contributed by atoms with van der Waals surface area (Å²) in [7, 11) is 0. The van der Waals surface area contributed by atoms with Crippen LogP contribution in [-0.4, -0.2) is 6.54 Å². The van der Waals surface area contributed by atoms with Gasteiger partial charge in [-0.2, -0.15) is 0 Å². The summed E-state index contributed by atoms with van der Waals surface area (Å²) >= 11 is 0. The molecule has 1 aromatic carbocycles. The Balaban J connectivity index is 2.46. The average Bonchev–Trinajstić information content (AvgIpc) is 3.03. The van der Waals surface area contributed by atoms with Crippen molar-refractivity contribution in [1.82, 2.24) is 5.32 Å². The van der Waals surface area contributed by atoms with Gasteiger partial charge in [-0.05, 0) is 80.3 Å². The SMILES string of the molecule is CCNC(c1c(C)c(C)cc(C)c1C)C1CC1C. The third kappa shape index (κ3) is 2.33. The third-order valence-electron chi connectivity index (χ3n) is 4.76. The monoisotopic (exact) mass is 245 g/mol. The largest absolute Gasteiger partial charge is 0.310 e. The summed E-state index contributed by atoms with van der Waals surface area (Å²) in [4.78, 5) is 0. The van der Waals surface area contributed by atoms with Crippen LogP contribution in [0, 0.1) is 39.5 Å². The number of aryl methyl sites for hydroxylation is 2. The number of rotatable bonds is 4. The summed E-state index contributed by atoms with van der Waals surface area (Å²) in [6.07, 6.45) is 1.38. The zero-order chi connectivity index (χ0) is 13.4. The fraction of sp³-hybridized carbons (Fsp3) is 0.647. The van der Waals surface area contributed by atoms with Crippen LogP contribution >= 0.6 is 0 Å². The molecule has 0 amide bonds. The second-order valence-corrected chi connectivity index (χ2v) is 6.09. The Morgan fingerprint density at radius 3 is 2.06 bits per heavy atom. The molecule has 1 aromatic rings. The second kappa shape index (κ2) is 5.05. The zero-order valence-corrected chi connectivity index (χ0v) is 12.7. The van der Waals surface area contributed by atoms with Crippen LogP contribution in [0.5, 0.6) is 0 Å². The number of nitrogens with one attached hydrogen (secondary N) is 1. The normalized spacial score (nSPS) is 24.1. The van der Waals surface area contributed by atoms with E-state index in [1.807, 2.05) is 0 Å². The van der Waals surface area contributed by atoms with Gasteiger partial charge in [0.25, 0.3) is 0 Å². The molecule has 0 bridgehead atoms. The van der Waals surface area contributed by atoms with Crippen LogP contribution in [0.3, 0.4) is 0 Å². The van der Waals surface area contributed by atoms with Crippen molar-refractivity contribution in [2.24, 2.45) is 11.8 Å². The maximum absolute atomic E-state index is 3.73. The molecule has 3 atom stereocenters. The van der Waals surface area contributed by atoms with Gasteiger partial charge in [-0.1, -0.05) is 19.9 Å². The highest BCUT2D eigenvalue weighted by atomic mass is 14.9. The Kier molecular flexibility index (Phi) is 3.82. The molecule has 0 spiro atoms. The molecule has 0 aromatic heterocycles. The molecule has 2 rings (SSSR count). The van der Waals surface area contributed by atoms with E-state index in [1.165, 1.54) is 28.7 Å². The molecular weight excluding hydrogens is 218 g/mol. The molecule has 1 aliphatic rings. The average molecular weight is 245 g/mol. The molecule has 0 aliphatic heterocycles. The minimum Gasteiger partial charge on any atom is -0.310 e. The Hall–Kier alpha value is -0.820. The number of hydrogen-bond donors (Lipinski definition) is 1. The first-order valence-electron chi connectivity index (χ1n) is 7.28. The molecule has 1 fully saturated rings. The fourth-order valence-electron chi connectivity index (χ4n) is 3.22. The van der Waals surface area contributed by atoms with Crippen LogP contribution in [0.4, 0.5) is 0 Å². The summed E-state index contributed by atoms with van der Waals surface area (Å²) in [6.45, 7) is 14.7. The highest BCUT2D eigenvalue weighted by Crippen LogP contribution is 2.48. The van der Waals surface area contributed by atoms with Gasteiger partial charge in [-0.15, -0.1) is 0 Å². The van der Waals surface area contributed by atoms with Crippen LogP contribution in [0.2, 0.25) is 0 Å². The maximum Gasteiger partial charge on any atom is 0.0356 e. The third-order valence-corrected chi connectivity index (χ3v) is 4.76. The standard InChI is InChI=1S/C17H27N/c1-7-18-17(15-9-12(15)4)16-13(5)10(2)8-11(3)14(16)6/h8,12,15,17-18H,7,9H2,1-6H3. The Bertz CT molecular complexity index is 421. The van der Waals surface area contributed by atoms with E-state index in [4.69, 9.17) is 0 Å². The quantitative estimate of drug-likeness (QED) is 0.837. The highest BCUT2D eigenvalue weighted by molar-refractivity contribution is 5.46. The molecule has 1 N–H and O–H groups in total. The van der Waals surface area contributed by atoms with Crippen LogP contribution < -0.4 is 5.32 Å². The molecule has 18 heavy (non-hydrogen) atoms. The molecule has 3 unspecified atom stereocenters. The van der Waals surface area contributed by atoms with Crippen molar-refractivity contribution < 1.29 is 0 Å². The Morgan fingerprint density at radius 1 is 1.17 bits per heavy atom. The van der Waals surface area contributed by atoms with E-state index in [9.17, 15) is 0 Å². The zero-order valence-electron chi connectivity index (χ0n) is 12.7. The van der Waals surface area contributed by atoms with Gasteiger partial charge in [0.2, 0.25) is 0 Å².